The van der Waals surface area contributed by atoms with Crippen LogP contribution in [0.4, 0.5) is 0 Å². The van der Waals surface area contributed by atoms with Crippen molar-refractivity contribution >= 4 is 12.2 Å². The molecule has 0 aliphatic carbocycles. The molecule has 0 aromatic carbocycles. The second-order valence-electron chi connectivity index (χ2n) is 2.38. The lowest BCUT2D eigenvalue weighted by molar-refractivity contribution is 0.561. The van der Waals surface area contributed by atoms with Crippen molar-refractivity contribution < 1.29 is 9.59 Å². The fraction of sp³-hybridized carbons (Fsp3) is 0.500. The Morgan fingerprint density at radius 1 is 1.50 bits per heavy atom. The highest BCUT2D eigenvalue weighted by molar-refractivity contribution is 5.35. The molecule has 0 aromatic heterocycles. The van der Waals surface area contributed by atoms with Crippen LogP contribution in [-0.4, -0.2) is 24.7 Å². The molecule has 0 fully saturated rings. The van der Waals surface area contributed by atoms with Crippen molar-refractivity contribution in [3.63, 3.8) is 0 Å². The Balaban J connectivity index is 4.13. The van der Waals surface area contributed by atoms with Gasteiger partial charge in [-0.05, 0) is 13.8 Å². The average molecular weight is 166 g/mol. The predicted octanol–water partition coefficient (Wildman–Crippen LogP) is 0.993. The SMILES string of the molecule is CC(=CC(C)N=C=O)CN=C=O. The van der Waals surface area contributed by atoms with E-state index < -0.39 is 0 Å². The maximum atomic E-state index is 9.80. The minimum absolute atomic E-state index is 0.204. The molecule has 0 saturated heterocycles. The molecule has 64 valence electrons. The first kappa shape index (κ1) is 10.5. The van der Waals surface area contributed by atoms with E-state index in [1.54, 1.807) is 19.9 Å². The van der Waals surface area contributed by atoms with Crippen molar-refractivity contribution in [3.05, 3.63) is 11.6 Å². The van der Waals surface area contributed by atoms with Gasteiger partial charge in [-0.15, -0.1) is 0 Å². The van der Waals surface area contributed by atoms with Crippen molar-refractivity contribution in [1.82, 2.24) is 0 Å². The highest BCUT2D eigenvalue weighted by Gasteiger charge is 1.93. The Morgan fingerprint density at radius 3 is 2.67 bits per heavy atom. The Hall–Kier alpha value is -1.50. The van der Waals surface area contributed by atoms with E-state index >= 15 is 0 Å². The largest absolute Gasteiger partial charge is 0.235 e. The van der Waals surface area contributed by atoms with E-state index in [9.17, 15) is 9.59 Å². The lowest BCUT2D eigenvalue weighted by atomic mass is 10.2. The van der Waals surface area contributed by atoms with Crippen molar-refractivity contribution in [1.29, 1.82) is 0 Å². The first-order valence-electron chi connectivity index (χ1n) is 3.48. The van der Waals surface area contributed by atoms with Crippen LogP contribution in [0.1, 0.15) is 13.8 Å². The maximum absolute atomic E-state index is 9.80. The summed E-state index contributed by atoms with van der Waals surface area (Å²) >= 11 is 0. The summed E-state index contributed by atoms with van der Waals surface area (Å²) in [4.78, 5) is 26.3. The highest BCUT2D eigenvalue weighted by Crippen LogP contribution is 1.98. The van der Waals surface area contributed by atoms with Gasteiger partial charge in [0.1, 0.15) is 0 Å². The quantitative estimate of drug-likeness (QED) is 0.355. The third kappa shape index (κ3) is 5.30. The number of rotatable bonds is 4. The number of hydrogen-bond donors (Lipinski definition) is 0. The maximum Gasteiger partial charge on any atom is 0.235 e. The molecule has 0 aliphatic rings. The Kier molecular flexibility index (Phi) is 5.45. The molecule has 0 radical (unpaired) electrons. The van der Waals surface area contributed by atoms with Gasteiger partial charge in [-0.3, -0.25) is 0 Å². The number of aliphatic imine (C=N–C) groups is 2. The Morgan fingerprint density at radius 2 is 2.17 bits per heavy atom. The molecule has 0 aliphatic heterocycles. The fourth-order valence-corrected chi connectivity index (χ4v) is 0.742. The van der Waals surface area contributed by atoms with E-state index in [2.05, 4.69) is 9.98 Å². The summed E-state index contributed by atoms with van der Waals surface area (Å²) in [6, 6.07) is -0.204. The van der Waals surface area contributed by atoms with Gasteiger partial charge in [0.2, 0.25) is 12.2 Å². The molecule has 4 nitrogen and oxygen atoms in total. The van der Waals surface area contributed by atoms with Gasteiger partial charge in [-0.25, -0.2) is 14.6 Å². The first-order valence-corrected chi connectivity index (χ1v) is 3.48. The van der Waals surface area contributed by atoms with Gasteiger partial charge in [0.25, 0.3) is 0 Å². The minimum Gasteiger partial charge on any atom is -0.211 e. The van der Waals surface area contributed by atoms with Crippen LogP contribution >= 0.6 is 0 Å². The van der Waals surface area contributed by atoms with Gasteiger partial charge < -0.3 is 0 Å². The highest BCUT2D eigenvalue weighted by atomic mass is 16.1. The second-order valence-corrected chi connectivity index (χ2v) is 2.38. The molecule has 0 rings (SSSR count). The molecule has 0 heterocycles. The van der Waals surface area contributed by atoms with Crippen molar-refractivity contribution in [2.24, 2.45) is 9.98 Å². The van der Waals surface area contributed by atoms with Gasteiger partial charge in [0.05, 0.1) is 12.6 Å². The molecule has 12 heavy (non-hydrogen) atoms. The predicted molar refractivity (Wildman–Crippen MR) is 44.3 cm³/mol. The van der Waals surface area contributed by atoms with Crippen molar-refractivity contribution in [2.75, 3.05) is 6.54 Å². The summed E-state index contributed by atoms with van der Waals surface area (Å²) in [7, 11) is 0. The summed E-state index contributed by atoms with van der Waals surface area (Å²) in [5.74, 6) is 0. The molecule has 1 atom stereocenters. The summed E-state index contributed by atoms with van der Waals surface area (Å²) in [6.45, 7) is 3.86. The summed E-state index contributed by atoms with van der Waals surface area (Å²) < 4.78 is 0. The molecule has 0 spiro atoms. The van der Waals surface area contributed by atoms with Crippen molar-refractivity contribution in [3.8, 4) is 0 Å². The fourth-order valence-electron chi connectivity index (χ4n) is 0.742. The molecule has 0 amide bonds. The molecule has 0 bridgehead atoms. The second kappa shape index (κ2) is 6.23. The number of nitrogens with zero attached hydrogens (tertiary/aromatic N) is 2. The van der Waals surface area contributed by atoms with Crippen LogP contribution in [0, 0.1) is 0 Å². The normalized spacial score (nSPS) is 12.7. The average Bonchev–Trinajstić information content (AvgIpc) is 2.01. The number of isocyanates is 2. The number of carbonyl (C=O) groups excluding carboxylic acids is 2. The smallest absolute Gasteiger partial charge is 0.211 e. The van der Waals surface area contributed by atoms with E-state index in [0.29, 0.717) is 6.54 Å². The first-order chi connectivity index (χ1) is 5.70. The van der Waals surface area contributed by atoms with E-state index in [1.807, 2.05) is 0 Å². The topological polar surface area (TPSA) is 58.9 Å². The van der Waals surface area contributed by atoms with Crippen LogP contribution in [-0.2, 0) is 9.59 Å². The Bertz CT molecular complexity index is 258. The molecular weight excluding hydrogens is 156 g/mol. The van der Waals surface area contributed by atoms with Crippen LogP contribution in [0.15, 0.2) is 21.6 Å². The van der Waals surface area contributed by atoms with Gasteiger partial charge in [-0.2, -0.15) is 4.99 Å². The lowest BCUT2D eigenvalue weighted by Gasteiger charge is -1.97. The van der Waals surface area contributed by atoms with E-state index in [-0.39, 0.29) is 6.04 Å². The third-order valence-corrected chi connectivity index (χ3v) is 1.18. The standard InChI is InChI=1S/C8H10N2O2/c1-7(4-9-5-11)3-8(2)10-6-12/h3,8H,4H2,1-2H3. The van der Waals surface area contributed by atoms with Gasteiger partial charge >= 0.3 is 0 Å². The molecule has 0 aromatic rings. The van der Waals surface area contributed by atoms with Gasteiger partial charge in [0, 0.05) is 0 Å². The zero-order valence-corrected chi connectivity index (χ0v) is 7.07. The summed E-state index contributed by atoms with van der Waals surface area (Å²) in [6.07, 6.45) is 4.62. The van der Waals surface area contributed by atoms with E-state index in [4.69, 9.17) is 0 Å². The third-order valence-electron chi connectivity index (χ3n) is 1.18. The van der Waals surface area contributed by atoms with E-state index in [1.165, 1.54) is 12.2 Å². The van der Waals surface area contributed by atoms with Gasteiger partial charge in [0.15, 0.2) is 0 Å². The van der Waals surface area contributed by atoms with Crippen molar-refractivity contribution in [2.45, 2.75) is 19.9 Å². The molecule has 1 unspecified atom stereocenters. The van der Waals surface area contributed by atoms with E-state index in [0.717, 1.165) is 5.57 Å². The minimum atomic E-state index is -0.204. The summed E-state index contributed by atoms with van der Waals surface area (Å²) in [5.41, 5.74) is 0.879. The van der Waals surface area contributed by atoms with Crippen LogP contribution in [0.2, 0.25) is 0 Å². The van der Waals surface area contributed by atoms with Crippen LogP contribution in [0.5, 0.6) is 0 Å². The molecule has 0 saturated carbocycles. The van der Waals surface area contributed by atoms with Crippen LogP contribution in [0.25, 0.3) is 0 Å². The number of hydrogen-bond acceptors (Lipinski definition) is 4. The Labute approximate surface area is 70.7 Å². The monoisotopic (exact) mass is 166 g/mol. The summed E-state index contributed by atoms with van der Waals surface area (Å²) in [5, 5.41) is 0. The zero-order valence-electron chi connectivity index (χ0n) is 7.07. The van der Waals surface area contributed by atoms with Crippen LogP contribution in [0.3, 0.4) is 0 Å². The molecule has 0 N–H and O–H groups in total. The lowest BCUT2D eigenvalue weighted by Crippen LogP contribution is -1.94. The molecular formula is C8H10N2O2. The van der Waals surface area contributed by atoms with Crippen LogP contribution < -0.4 is 0 Å². The zero-order chi connectivity index (χ0) is 9.40. The molecule has 4 heteroatoms. The van der Waals surface area contributed by atoms with Gasteiger partial charge in [-0.1, -0.05) is 11.6 Å².